The lowest BCUT2D eigenvalue weighted by molar-refractivity contribution is 0.378. The number of hydrogen-bond acceptors (Lipinski definition) is 5. The van der Waals surface area contributed by atoms with Crippen molar-refractivity contribution in [1.82, 2.24) is 9.97 Å². The lowest BCUT2D eigenvalue weighted by Crippen LogP contribution is -1.92. The van der Waals surface area contributed by atoms with Gasteiger partial charge in [-0.25, -0.2) is 14.5 Å². The molecule has 0 aromatic carbocycles. The van der Waals surface area contributed by atoms with Crippen LogP contribution in [0.1, 0.15) is 0 Å². The molecule has 1 rings (SSSR count). The minimum atomic E-state index is -4.74. The van der Waals surface area contributed by atoms with Crippen LogP contribution in [0, 0.1) is 0 Å². The molecule has 0 bridgehead atoms. The van der Waals surface area contributed by atoms with Gasteiger partial charge in [0.15, 0.2) is 0 Å². The average Bonchev–Trinajstić information content (AvgIpc) is 2.17. The van der Waals surface area contributed by atoms with Gasteiger partial charge in [-0.05, 0) is 6.07 Å². The van der Waals surface area contributed by atoms with Gasteiger partial charge in [0.25, 0.3) is 0 Å². The molecule has 10 heteroatoms. The predicted octanol–water partition coefficient (Wildman–Crippen LogP) is 0.498. The molecule has 0 fully saturated rings. The lowest BCUT2D eigenvalue weighted by Gasteiger charge is -2.04. The topological polar surface area (TPSA) is 133 Å². The second-order valence-corrected chi connectivity index (χ2v) is 9.16. The van der Waals surface area contributed by atoms with Crippen molar-refractivity contribution in [2.24, 2.45) is 0 Å². The Bertz CT molecular complexity index is 380. The Morgan fingerprint density at radius 2 is 1.56 bits per heavy atom. The van der Waals surface area contributed by atoms with E-state index in [1.54, 1.807) is 25.5 Å². The van der Waals surface area contributed by atoms with Crippen LogP contribution in [-0.4, -0.2) is 38.4 Å². The summed E-state index contributed by atoms with van der Waals surface area (Å²) in [5.74, 6) is 0.660. The van der Waals surface area contributed by atoms with E-state index in [1.165, 1.54) is 0 Å². The van der Waals surface area contributed by atoms with E-state index in [1.807, 2.05) is 0 Å². The van der Waals surface area contributed by atoms with Gasteiger partial charge in [0.05, 0.1) is 0 Å². The van der Waals surface area contributed by atoms with Gasteiger partial charge in [0.2, 0.25) is 5.95 Å². The Morgan fingerprint density at radius 3 is 1.75 bits per heavy atom. The molecule has 1 aromatic rings. The second kappa shape index (κ2) is 6.08. The molecule has 0 aliphatic rings. The van der Waals surface area contributed by atoms with E-state index >= 15 is 0 Å². The molecule has 1 unspecified atom stereocenters. The number of nitrogens with zero attached hydrogens (tertiary/aromatic N) is 2. The third kappa shape index (κ3) is 5.95. The van der Waals surface area contributed by atoms with Crippen molar-refractivity contribution in [3.05, 3.63) is 18.5 Å². The molecule has 0 aliphatic carbocycles. The van der Waals surface area contributed by atoms with Gasteiger partial charge in [-0.1, -0.05) is 0 Å². The number of hydrogen-bond donors (Lipinski definition) is 4. The van der Waals surface area contributed by atoms with Crippen LogP contribution in [0.15, 0.2) is 18.5 Å². The molecule has 8 nitrogen and oxygen atoms in total. The first kappa shape index (κ1) is 15.2. The van der Waals surface area contributed by atoms with Gasteiger partial charge in [-0.3, -0.25) is 4.57 Å². The fraction of sp³-hybridized carbons (Fsp3) is 0.333. The molecular weight excluding hydrogens is 256 g/mol. The van der Waals surface area contributed by atoms with Gasteiger partial charge in [-0.15, -0.1) is 0 Å². The quantitative estimate of drug-likeness (QED) is 0.570. The van der Waals surface area contributed by atoms with E-state index in [0.29, 0.717) is 12.6 Å². The van der Waals surface area contributed by atoms with Crippen LogP contribution in [0.2, 0.25) is 0 Å². The molecule has 1 heterocycles. The number of rotatable bonds is 2. The zero-order chi connectivity index (χ0) is 12.8. The summed E-state index contributed by atoms with van der Waals surface area (Å²) in [6.07, 6.45) is 3.39. The van der Waals surface area contributed by atoms with Crippen LogP contribution in [0.5, 0.6) is 0 Å². The second-order valence-electron chi connectivity index (χ2n) is 2.67. The normalized spacial score (nSPS) is 14.3. The summed E-state index contributed by atoms with van der Waals surface area (Å²) in [5, 5.41) is 2.80. The minimum Gasteiger partial charge on any atom is -0.357 e. The van der Waals surface area contributed by atoms with Crippen LogP contribution < -0.4 is 5.32 Å². The van der Waals surface area contributed by atoms with E-state index in [4.69, 9.17) is 14.7 Å². The number of anilines is 1. The fourth-order valence-corrected chi connectivity index (χ4v) is 0.428. The standard InChI is InChI=1S/C5H7N3.CH6O5P2/c1-6-5-7-3-2-4-8-5;1-7(2,3)8(4,5)6/h2-4H,1H3,(H,6,7,8);1H3,(H,2,3)(H2,4,5,6). The van der Waals surface area contributed by atoms with Gasteiger partial charge >= 0.3 is 14.3 Å². The molecule has 4 N–H and O–H groups in total. The van der Waals surface area contributed by atoms with Crippen LogP contribution in [0.4, 0.5) is 5.95 Å². The molecule has 0 amide bonds. The first-order chi connectivity index (χ1) is 7.18. The van der Waals surface area contributed by atoms with Crippen molar-refractivity contribution in [2.75, 3.05) is 19.0 Å². The first-order valence-corrected chi connectivity index (χ1v) is 8.42. The van der Waals surface area contributed by atoms with Gasteiger partial charge < -0.3 is 20.0 Å². The molecule has 0 saturated heterocycles. The zero-order valence-electron chi connectivity index (χ0n) is 8.68. The van der Waals surface area contributed by atoms with E-state index < -0.39 is 14.3 Å². The predicted molar refractivity (Wildman–Crippen MR) is 59.4 cm³/mol. The summed E-state index contributed by atoms with van der Waals surface area (Å²) in [7, 11) is -7.13. The highest BCUT2D eigenvalue weighted by Gasteiger charge is 2.33. The van der Waals surface area contributed by atoms with Crippen LogP contribution in [-0.2, 0) is 9.13 Å². The van der Waals surface area contributed by atoms with Gasteiger partial charge in [0, 0.05) is 26.1 Å². The summed E-state index contributed by atoms with van der Waals surface area (Å²) in [5.41, 5.74) is 0. The van der Waals surface area contributed by atoms with Crippen molar-refractivity contribution >= 4 is 20.3 Å². The van der Waals surface area contributed by atoms with Crippen molar-refractivity contribution < 1.29 is 23.8 Å². The summed E-state index contributed by atoms with van der Waals surface area (Å²) in [4.78, 5) is 31.8. The highest BCUT2D eigenvalue weighted by Crippen LogP contribution is 2.71. The van der Waals surface area contributed by atoms with Crippen molar-refractivity contribution in [1.29, 1.82) is 0 Å². The van der Waals surface area contributed by atoms with Crippen LogP contribution >= 0.6 is 14.3 Å². The Hall–Kier alpha value is -0.780. The Balaban J connectivity index is 0.000000281. The molecule has 92 valence electrons. The molecule has 1 atom stereocenters. The fourth-order valence-electron chi connectivity index (χ4n) is 0.428. The lowest BCUT2D eigenvalue weighted by atomic mass is 10.7. The maximum Gasteiger partial charge on any atom is 0.407 e. The highest BCUT2D eigenvalue weighted by molar-refractivity contribution is 8.28. The average molecular weight is 269 g/mol. The third-order valence-electron chi connectivity index (χ3n) is 1.27. The summed E-state index contributed by atoms with van der Waals surface area (Å²) in [6.45, 7) is 0.619. The highest BCUT2D eigenvalue weighted by atomic mass is 32.1. The largest absolute Gasteiger partial charge is 0.407 e. The minimum absolute atomic E-state index is 0.619. The van der Waals surface area contributed by atoms with Crippen molar-refractivity contribution in [3.63, 3.8) is 0 Å². The van der Waals surface area contributed by atoms with Gasteiger partial charge in [-0.2, -0.15) is 0 Å². The molecule has 0 aliphatic heterocycles. The van der Waals surface area contributed by atoms with Crippen molar-refractivity contribution in [3.8, 4) is 0 Å². The molecule has 0 saturated carbocycles. The van der Waals surface area contributed by atoms with E-state index in [2.05, 4.69) is 15.3 Å². The molecular formula is C6H13N3O5P2. The SMILES string of the molecule is CNc1ncccn1.CP(=O)(O)P(=O)(O)O. The van der Waals surface area contributed by atoms with Crippen LogP contribution in [0.3, 0.4) is 0 Å². The van der Waals surface area contributed by atoms with Crippen molar-refractivity contribution in [2.45, 2.75) is 0 Å². The zero-order valence-corrected chi connectivity index (χ0v) is 10.5. The summed E-state index contributed by atoms with van der Waals surface area (Å²) in [6, 6.07) is 1.78. The maximum atomic E-state index is 10.0. The Kier molecular flexibility index (Phi) is 5.78. The van der Waals surface area contributed by atoms with Crippen LogP contribution in [0.25, 0.3) is 0 Å². The van der Waals surface area contributed by atoms with E-state index in [9.17, 15) is 9.13 Å². The Morgan fingerprint density at radius 1 is 1.19 bits per heavy atom. The first-order valence-electron chi connectivity index (χ1n) is 3.99. The maximum absolute atomic E-state index is 10.0. The molecule has 1 aromatic heterocycles. The Labute approximate surface area is 92.3 Å². The number of nitrogens with one attached hydrogen (secondary N) is 1. The molecule has 16 heavy (non-hydrogen) atoms. The number of aromatic nitrogens is 2. The molecule has 0 radical (unpaired) electrons. The van der Waals surface area contributed by atoms with E-state index in [0.717, 1.165) is 0 Å². The molecule has 0 spiro atoms. The monoisotopic (exact) mass is 269 g/mol. The van der Waals surface area contributed by atoms with Gasteiger partial charge in [0.1, 0.15) is 0 Å². The summed E-state index contributed by atoms with van der Waals surface area (Å²) >= 11 is 0. The van der Waals surface area contributed by atoms with E-state index in [-0.39, 0.29) is 0 Å². The smallest absolute Gasteiger partial charge is 0.357 e. The summed E-state index contributed by atoms with van der Waals surface area (Å²) < 4.78 is 19.9. The third-order valence-corrected chi connectivity index (χ3v) is 5.14.